The van der Waals surface area contributed by atoms with E-state index < -0.39 is 16.6 Å². The Bertz CT molecular complexity index is 890. The maximum absolute atomic E-state index is 12.6. The number of likely N-dealkylation sites (tertiary alicyclic amines) is 1. The van der Waals surface area contributed by atoms with Gasteiger partial charge >= 0.3 is 6.09 Å². The van der Waals surface area contributed by atoms with Gasteiger partial charge in [0.2, 0.25) is 5.91 Å². The number of benzene rings is 1. The largest absolute Gasteiger partial charge is 0.481 e. The van der Waals surface area contributed by atoms with Gasteiger partial charge in [0.25, 0.3) is 5.69 Å². The molecule has 1 N–H and O–H groups in total. The second-order valence-corrected chi connectivity index (χ2v) is 7.17. The number of hydrogen-bond donors (Lipinski definition) is 1. The van der Waals surface area contributed by atoms with Crippen LogP contribution in [0.15, 0.2) is 17.8 Å². The second-order valence-electron chi connectivity index (χ2n) is 7.17. The van der Waals surface area contributed by atoms with Crippen LogP contribution in [0.25, 0.3) is 5.70 Å². The number of nitrogens with one attached hydrogen (secondary N) is 1. The van der Waals surface area contributed by atoms with Crippen LogP contribution in [0.3, 0.4) is 0 Å². The van der Waals surface area contributed by atoms with Gasteiger partial charge in [-0.1, -0.05) is 0 Å². The fourth-order valence-corrected chi connectivity index (χ4v) is 3.62. The highest BCUT2D eigenvalue weighted by atomic mass is 16.6. The Morgan fingerprint density at radius 3 is 2.71 bits per heavy atom. The van der Waals surface area contributed by atoms with Crippen LogP contribution in [0.2, 0.25) is 0 Å². The molecule has 0 spiro atoms. The molecule has 0 aromatic heterocycles. The van der Waals surface area contributed by atoms with Gasteiger partial charge in [0.1, 0.15) is 11.4 Å². The molecule has 0 atom stereocenters. The third-order valence-corrected chi connectivity index (χ3v) is 4.88. The monoisotopic (exact) mass is 389 g/mol. The van der Waals surface area contributed by atoms with Crippen LogP contribution >= 0.6 is 0 Å². The maximum Gasteiger partial charge on any atom is 0.411 e. The molecule has 0 aliphatic carbocycles. The van der Waals surface area contributed by atoms with Crippen molar-refractivity contribution in [2.75, 3.05) is 13.2 Å². The molecular formula is C19H23N3O6. The average molecular weight is 389 g/mol. The lowest BCUT2D eigenvalue weighted by Gasteiger charge is -2.39. The summed E-state index contributed by atoms with van der Waals surface area (Å²) in [4.78, 5) is 37.3. The highest BCUT2D eigenvalue weighted by molar-refractivity contribution is 5.93. The summed E-state index contributed by atoms with van der Waals surface area (Å²) in [6.07, 6.45) is 0.366. The van der Waals surface area contributed by atoms with Crippen molar-refractivity contribution in [2.24, 2.45) is 0 Å². The summed E-state index contributed by atoms with van der Waals surface area (Å²) in [7, 11) is 0. The zero-order valence-electron chi connectivity index (χ0n) is 16.3. The minimum absolute atomic E-state index is 0.0818. The summed E-state index contributed by atoms with van der Waals surface area (Å²) >= 11 is 0. The predicted molar refractivity (Wildman–Crippen MR) is 101 cm³/mol. The molecule has 0 bridgehead atoms. The SMILES string of the molecule is CCOC(=O)NC1=C(N2CCCC2=O)c2c(ccc([N+](=O)[O-])c2C)OC1(C)C. The first-order valence-corrected chi connectivity index (χ1v) is 9.13. The van der Waals surface area contributed by atoms with Gasteiger partial charge in [0.05, 0.1) is 28.5 Å². The molecule has 1 aromatic carbocycles. The third-order valence-electron chi connectivity index (χ3n) is 4.88. The zero-order chi connectivity index (χ0) is 20.6. The summed E-state index contributed by atoms with van der Waals surface area (Å²) in [6.45, 7) is 7.45. The van der Waals surface area contributed by atoms with Crippen LogP contribution in [0.5, 0.6) is 5.75 Å². The Morgan fingerprint density at radius 2 is 2.14 bits per heavy atom. The quantitative estimate of drug-likeness (QED) is 0.626. The van der Waals surface area contributed by atoms with Crippen molar-refractivity contribution in [2.45, 2.75) is 46.1 Å². The van der Waals surface area contributed by atoms with Crippen molar-refractivity contribution >= 4 is 23.4 Å². The average Bonchev–Trinajstić information content (AvgIpc) is 3.01. The number of nitro benzene ring substituents is 1. The fourth-order valence-electron chi connectivity index (χ4n) is 3.62. The lowest BCUT2D eigenvalue weighted by Crippen LogP contribution is -2.46. The van der Waals surface area contributed by atoms with Gasteiger partial charge in [0, 0.05) is 24.6 Å². The Kier molecular flexibility index (Phi) is 5.01. The molecule has 0 unspecified atom stereocenters. The van der Waals surface area contributed by atoms with E-state index in [-0.39, 0.29) is 18.2 Å². The highest BCUT2D eigenvalue weighted by Crippen LogP contribution is 2.46. The summed E-state index contributed by atoms with van der Waals surface area (Å²) in [5.74, 6) is 0.324. The number of amides is 2. The minimum atomic E-state index is -0.986. The van der Waals surface area contributed by atoms with Crippen LogP contribution < -0.4 is 10.1 Å². The Hall–Kier alpha value is -3.10. The molecule has 3 rings (SSSR count). The Balaban J connectivity index is 2.28. The van der Waals surface area contributed by atoms with Crippen LogP contribution in [-0.2, 0) is 9.53 Å². The van der Waals surface area contributed by atoms with Crippen molar-refractivity contribution < 1.29 is 24.0 Å². The van der Waals surface area contributed by atoms with E-state index in [4.69, 9.17) is 9.47 Å². The molecule has 1 aromatic rings. The normalized spacial score (nSPS) is 17.9. The number of carbonyl (C=O) groups is 2. The molecule has 28 heavy (non-hydrogen) atoms. The van der Waals surface area contributed by atoms with Gasteiger partial charge in [-0.25, -0.2) is 4.79 Å². The van der Waals surface area contributed by atoms with Gasteiger partial charge in [-0.3, -0.25) is 20.2 Å². The lowest BCUT2D eigenvalue weighted by atomic mass is 9.91. The molecule has 150 valence electrons. The van der Waals surface area contributed by atoms with E-state index in [2.05, 4.69) is 5.32 Å². The molecule has 2 aliphatic heterocycles. The third kappa shape index (κ3) is 3.28. The van der Waals surface area contributed by atoms with Crippen LogP contribution in [-0.4, -0.2) is 40.6 Å². The number of nitrogens with zero attached hydrogens (tertiary/aromatic N) is 2. The van der Waals surface area contributed by atoms with Crippen molar-refractivity contribution in [3.05, 3.63) is 39.1 Å². The predicted octanol–water partition coefficient (Wildman–Crippen LogP) is 3.11. The first-order chi connectivity index (χ1) is 13.2. The Morgan fingerprint density at radius 1 is 1.43 bits per heavy atom. The van der Waals surface area contributed by atoms with Crippen molar-refractivity contribution in [1.29, 1.82) is 0 Å². The first kappa shape index (κ1) is 19.7. The Labute approximate surface area is 162 Å². The summed E-state index contributed by atoms with van der Waals surface area (Å²) in [6, 6.07) is 2.92. The van der Waals surface area contributed by atoms with Crippen molar-refractivity contribution in [3.63, 3.8) is 0 Å². The molecule has 1 saturated heterocycles. The molecule has 1 fully saturated rings. The topological polar surface area (TPSA) is 111 Å². The van der Waals surface area contributed by atoms with E-state index in [1.54, 1.807) is 32.6 Å². The summed E-state index contributed by atoms with van der Waals surface area (Å²) in [5.41, 5.74) is 0.522. The van der Waals surface area contributed by atoms with Gasteiger partial charge in [0.15, 0.2) is 0 Å². The number of ether oxygens (including phenoxy) is 2. The number of rotatable bonds is 4. The number of hydrogen-bond acceptors (Lipinski definition) is 6. The molecule has 0 radical (unpaired) electrons. The second kappa shape index (κ2) is 7.14. The van der Waals surface area contributed by atoms with Gasteiger partial charge in [-0.2, -0.15) is 0 Å². The van der Waals surface area contributed by atoms with Gasteiger partial charge in [-0.15, -0.1) is 0 Å². The summed E-state index contributed by atoms with van der Waals surface area (Å²) < 4.78 is 11.1. The van der Waals surface area contributed by atoms with Crippen LogP contribution in [0.4, 0.5) is 10.5 Å². The smallest absolute Gasteiger partial charge is 0.411 e. The van der Waals surface area contributed by atoms with E-state index in [9.17, 15) is 19.7 Å². The van der Waals surface area contributed by atoms with Crippen molar-refractivity contribution in [3.8, 4) is 5.75 Å². The molecular weight excluding hydrogens is 366 g/mol. The molecule has 9 heteroatoms. The minimum Gasteiger partial charge on any atom is -0.481 e. The molecule has 2 aliphatic rings. The molecule has 2 amide bonds. The molecule has 0 saturated carbocycles. The highest BCUT2D eigenvalue weighted by Gasteiger charge is 2.42. The standard InChI is InChI=1S/C19H23N3O6/c1-5-27-18(24)20-17-16(21-10-6-7-14(21)23)15-11(2)12(22(25)26)8-9-13(15)28-19(17,3)4/h8-9H,5-7,10H2,1-4H3,(H,20,24). The van der Waals surface area contributed by atoms with E-state index in [0.717, 1.165) is 0 Å². The molecule has 9 nitrogen and oxygen atoms in total. The van der Waals surface area contributed by atoms with E-state index in [1.807, 2.05) is 0 Å². The number of carbonyl (C=O) groups excluding carboxylic acids is 2. The lowest BCUT2D eigenvalue weighted by molar-refractivity contribution is -0.385. The van der Waals surface area contributed by atoms with E-state index in [0.29, 0.717) is 47.7 Å². The van der Waals surface area contributed by atoms with E-state index >= 15 is 0 Å². The van der Waals surface area contributed by atoms with E-state index in [1.165, 1.54) is 12.1 Å². The summed E-state index contributed by atoms with van der Waals surface area (Å²) in [5, 5.41) is 14.2. The number of fused-ring (bicyclic) bond motifs is 1. The van der Waals surface area contributed by atoms with Crippen LogP contribution in [0, 0.1) is 17.0 Å². The molecule has 2 heterocycles. The van der Waals surface area contributed by atoms with Crippen molar-refractivity contribution in [1.82, 2.24) is 10.2 Å². The van der Waals surface area contributed by atoms with Gasteiger partial charge < -0.3 is 14.4 Å². The number of nitro groups is 1. The zero-order valence-corrected chi connectivity index (χ0v) is 16.3. The fraction of sp³-hybridized carbons (Fsp3) is 0.474. The van der Waals surface area contributed by atoms with Crippen LogP contribution in [0.1, 0.15) is 44.7 Å². The maximum atomic E-state index is 12.6. The van der Waals surface area contributed by atoms with Gasteiger partial charge in [-0.05, 0) is 40.2 Å². The first-order valence-electron chi connectivity index (χ1n) is 9.13. The number of alkyl carbamates (subject to hydrolysis) is 1.